The van der Waals surface area contributed by atoms with E-state index >= 15 is 0 Å². The second kappa shape index (κ2) is 14.1. The first-order valence-corrected chi connectivity index (χ1v) is 9.35. The Hall–Kier alpha value is -0.0800. The van der Waals surface area contributed by atoms with E-state index in [0.717, 1.165) is 58.1 Å². The summed E-state index contributed by atoms with van der Waals surface area (Å²) in [6.45, 7) is 10.7. The molecule has 1 aliphatic carbocycles. The van der Waals surface area contributed by atoms with Gasteiger partial charge in [-0.15, -0.1) is 24.0 Å². The van der Waals surface area contributed by atoms with Crippen LogP contribution in [0.25, 0.3) is 0 Å². The zero-order chi connectivity index (χ0) is 17.0. The third-order valence-electron chi connectivity index (χ3n) is 5.19. The maximum atomic E-state index is 5.31. The van der Waals surface area contributed by atoms with E-state index < -0.39 is 0 Å². The third kappa shape index (κ3) is 8.85. The number of hydrogen-bond donors (Lipinski definition) is 2. The van der Waals surface area contributed by atoms with Crippen molar-refractivity contribution in [1.82, 2.24) is 15.5 Å². The lowest BCUT2D eigenvalue weighted by Gasteiger charge is -2.30. The predicted molar refractivity (Wildman–Crippen MR) is 115 cm³/mol. The number of hydrogen-bond acceptors (Lipinski definition) is 3. The zero-order valence-corrected chi connectivity index (χ0v) is 18.5. The number of rotatable bonds is 11. The highest BCUT2D eigenvalue weighted by Gasteiger charge is 2.33. The number of halogens is 1. The summed E-state index contributed by atoms with van der Waals surface area (Å²) in [6, 6.07) is 0. The maximum Gasteiger partial charge on any atom is 0.190 e. The van der Waals surface area contributed by atoms with Crippen molar-refractivity contribution < 1.29 is 4.74 Å². The molecule has 1 aliphatic rings. The van der Waals surface area contributed by atoms with Gasteiger partial charge in [0.25, 0.3) is 0 Å². The summed E-state index contributed by atoms with van der Waals surface area (Å²) in [5.41, 5.74) is 0.398. The summed E-state index contributed by atoms with van der Waals surface area (Å²) >= 11 is 0. The number of aliphatic imine (C=N–C) groups is 1. The lowest BCUT2D eigenvalue weighted by Crippen LogP contribution is -2.44. The van der Waals surface area contributed by atoms with Gasteiger partial charge in [0.2, 0.25) is 0 Å². The molecule has 0 spiro atoms. The van der Waals surface area contributed by atoms with E-state index in [4.69, 9.17) is 4.74 Å². The number of ether oxygens (including phenoxy) is 1. The van der Waals surface area contributed by atoms with Gasteiger partial charge in [-0.25, -0.2) is 0 Å². The van der Waals surface area contributed by atoms with Gasteiger partial charge in [0.05, 0.1) is 0 Å². The maximum absolute atomic E-state index is 5.31. The Morgan fingerprint density at radius 1 is 1.17 bits per heavy atom. The summed E-state index contributed by atoms with van der Waals surface area (Å²) in [5.74, 6) is 0.938. The Morgan fingerprint density at radius 3 is 2.38 bits per heavy atom. The Morgan fingerprint density at radius 2 is 1.83 bits per heavy atom. The molecular weight excluding hydrogens is 415 g/mol. The van der Waals surface area contributed by atoms with Crippen LogP contribution in [0, 0.1) is 5.41 Å². The van der Waals surface area contributed by atoms with Crippen LogP contribution in [-0.4, -0.2) is 64.3 Å². The van der Waals surface area contributed by atoms with Gasteiger partial charge in [-0.2, -0.15) is 0 Å². The van der Waals surface area contributed by atoms with Crippen molar-refractivity contribution in [3.63, 3.8) is 0 Å². The average molecular weight is 454 g/mol. The van der Waals surface area contributed by atoms with E-state index in [1.54, 1.807) is 7.11 Å². The van der Waals surface area contributed by atoms with Crippen LogP contribution in [0.2, 0.25) is 0 Å². The molecule has 1 saturated carbocycles. The fourth-order valence-electron chi connectivity index (χ4n) is 3.50. The topological polar surface area (TPSA) is 48.9 Å². The van der Waals surface area contributed by atoms with Gasteiger partial charge in [-0.05, 0) is 50.7 Å². The first kappa shape index (κ1) is 23.9. The van der Waals surface area contributed by atoms with Crippen LogP contribution in [0.5, 0.6) is 0 Å². The molecule has 1 fully saturated rings. The predicted octanol–water partition coefficient (Wildman–Crippen LogP) is 3.10. The molecule has 0 aromatic carbocycles. The van der Waals surface area contributed by atoms with Crippen molar-refractivity contribution >= 4 is 29.9 Å². The van der Waals surface area contributed by atoms with Crippen molar-refractivity contribution in [3.8, 4) is 0 Å². The molecular formula is C18H39IN4O. The fraction of sp³-hybridized carbons (Fsp3) is 0.944. The van der Waals surface area contributed by atoms with E-state index in [2.05, 4.69) is 34.4 Å². The molecule has 0 atom stereocenters. The van der Waals surface area contributed by atoms with Crippen LogP contribution in [0.1, 0.15) is 52.4 Å². The lowest BCUT2D eigenvalue weighted by molar-refractivity contribution is 0.138. The van der Waals surface area contributed by atoms with Crippen LogP contribution in [0.3, 0.4) is 0 Å². The third-order valence-corrected chi connectivity index (χ3v) is 5.19. The number of guanidine groups is 1. The molecule has 144 valence electrons. The molecule has 1 rings (SSSR count). The van der Waals surface area contributed by atoms with E-state index in [9.17, 15) is 0 Å². The molecule has 0 unspecified atom stereocenters. The minimum Gasteiger partial charge on any atom is -0.385 e. The van der Waals surface area contributed by atoms with Crippen molar-refractivity contribution in [3.05, 3.63) is 0 Å². The first-order valence-electron chi connectivity index (χ1n) is 9.35. The molecule has 0 aromatic heterocycles. The highest BCUT2D eigenvalue weighted by Crippen LogP contribution is 2.40. The van der Waals surface area contributed by atoms with Crippen LogP contribution in [-0.2, 0) is 4.74 Å². The van der Waals surface area contributed by atoms with E-state index in [1.807, 2.05) is 7.05 Å². The van der Waals surface area contributed by atoms with Gasteiger partial charge < -0.3 is 20.3 Å². The molecule has 0 heterocycles. The normalized spacial score (nSPS) is 17.0. The molecule has 0 radical (unpaired) electrons. The molecule has 0 aliphatic heterocycles. The standard InChI is InChI=1S/C18H38N4O.HI/c1-5-22(6-2)14-9-13-20-17(19-3)21-16-18(12-15-23-4)10-7-8-11-18;/h5-16H2,1-4H3,(H2,19,20,21);1H. The van der Waals surface area contributed by atoms with Crippen LogP contribution in [0.4, 0.5) is 0 Å². The second-order valence-electron chi connectivity index (χ2n) is 6.68. The lowest BCUT2D eigenvalue weighted by atomic mass is 9.83. The first-order chi connectivity index (χ1) is 11.2. The van der Waals surface area contributed by atoms with Gasteiger partial charge >= 0.3 is 0 Å². The Balaban J connectivity index is 0.00000529. The van der Waals surface area contributed by atoms with Crippen LogP contribution >= 0.6 is 24.0 Å². The Kier molecular flexibility index (Phi) is 14.1. The molecule has 0 amide bonds. The van der Waals surface area contributed by atoms with Crippen LogP contribution in [0.15, 0.2) is 4.99 Å². The molecule has 0 aromatic rings. The molecule has 24 heavy (non-hydrogen) atoms. The zero-order valence-electron chi connectivity index (χ0n) is 16.2. The fourth-order valence-corrected chi connectivity index (χ4v) is 3.50. The van der Waals surface area contributed by atoms with Gasteiger partial charge in [0, 0.05) is 33.9 Å². The smallest absolute Gasteiger partial charge is 0.190 e. The van der Waals surface area contributed by atoms with Crippen LogP contribution < -0.4 is 10.6 Å². The van der Waals surface area contributed by atoms with Crippen molar-refractivity contribution in [2.24, 2.45) is 10.4 Å². The Labute approximate surface area is 166 Å². The minimum absolute atomic E-state index is 0. The quantitative estimate of drug-likeness (QED) is 0.218. The molecule has 6 heteroatoms. The summed E-state index contributed by atoms with van der Waals surface area (Å²) in [7, 11) is 3.66. The monoisotopic (exact) mass is 454 g/mol. The molecule has 2 N–H and O–H groups in total. The number of methoxy groups -OCH3 is 1. The molecule has 0 bridgehead atoms. The van der Waals surface area contributed by atoms with Gasteiger partial charge in [0.1, 0.15) is 0 Å². The van der Waals surface area contributed by atoms with Crippen molar-refractivity contribution in [1.29, 1.82) is 0 Å². The summed E-state index contributed by atoms with van der Waals surface area (Å²) in [5, 5.41) is 7.00. The van der Waals surface area contributed by atoms with Gasteiger partial charge in [-0.1, -0.05) is 26.7 Å². The highest BCUT2D eigenvalue weighted by molar-refractivity contribution is 14.0. The van der Waals surface area contributed by atoms with Crippen molar-refractivity contribution in [2.45, 2.75) is 52.4 Å². The summed E-state index contributed by atoms with van der Waals surface area (Å²) < 4.78 is 5.31. The van der Waals surface area contributed by atoms with E-state index in [0.29, 0.717) is 5.41 Å². The number of nitrogens with one attached hydrogen (secondary N) is 2. The molecule has 0 saturated heterocycles. The second-order valence-corrected chi connectivity index (χ2v) is 6.68. The highest BCUT2D eigenvalue weighted by atomic mass is 127. The molecule has 5 nitrogen and oxygen atoms in total. The van der Waals surface area contributed by atoms with Gasteiger partial charge in [-0.3, -0.25) is 4.99 Å². The largest absolute Gasteiger partial charge is 0.385 e. The van der Waals surface area contributed by atoms with Crippen molar-refractivity contribution in [2.75, 3.05) is 53.5 Å². The Bertz CT molecular complexity index is 329. The minimum atomic E-state index is 0. The summed E-state index contributed by atoms with van der Waals surface area (Å²) in [4.78, 5) is 6.82. The SMILES string of the molecule is CCN(CC)CCCNC(=NC)NCC1(CCOC)CCCC1.I. The summed E-state index contributed by atoms with van der Waals surface area (Å²) in [6.07, 6.45) is 7.61. The number of nitrogens with zero attached hydrogens (tertiary/aromatic N) is 2. The average Bonchev–Trinajstić information content (AvgIpc) is 3.05. The van der Waals surface area contributed by atoms with E-state index in [1.165, 1.54) is 25.7 Å². The van der Waals surface area contributed by atoms with E-state index in [-0.39, 0.29) is 24.0 Å². The van der Waals surface area contributed by atoms with Gasteiger partial charge in [0.15, 0.2) is 5.96 Å².